The van der Waals surface area contributed by atoms with Crippen LogP contribution in [0.15, 0.2) is 47.3 Å². The van der Waals surface area contributed by atoms with E-state index >= 15 is 0 Å². The fourth-order valence-corrected chi connectivity index (χ4v) is 2.26. The number of ether oxygens (including phenoxy) is 1. The average Bonchev–Trinajstić information content (AvgIpc) is 2.83. The lowest BCUT2D eigenvalue weighted by atomic mass is 10.1. The molecule has 3 aromatic rings. The summed E-state index contributed by atoms with van der Waals surface area (Å²) in [5, 5.41) is 6.32. The van der Waals surface area contributed by atoms with Gasteiger partial charge in [0, 0.05) is 0 Å². The van der Waals surface area contributed by atoms with Gasteiger partial charge in [0.1, 0.15) is 17.3 Å². The topological polar surface area (TPSA) is 59.9 Å². The highest BCUT2D eigenvalue weighted by atomic mass is 16.5. The minimum atomic E-state index is -0.250. The smallest absolute Gasteiger partial charge is 0.347 e. The first-order valence-electron chi connectivity index (χ1n) is 7.04. The minimum absolute atomic E-state index is 0.250. The SMILES string of the molecule is Cc1ccc(Oc2ccc(-n3c(C)n[nH]c3=O)cc2)cc1C. The van der Waals surface area contributed by atoms with Crippen LogP contribution in [0.4, 0.5) is 0 Å². The molecule has 5 nitrogen and oxygen atoms in total. The van der Waals surface area contributed by atoms with Crippen molar-refractivity contribution in [2.45, 2.75) is 20.8 Å². The summed E-state index contributed by atoms with van der Waals surface area (Å²) < 4.78 is 7.35. The van der Waals surface area contributed by atoms with E-state index in [0.29, 0.717) is 5.82 Å². The van der Waals surface area contributed by atoms with Gasteiger partial charge in [0.2, 0.25) is 0 Å². The van der Waals surface area contributed by atoms with E-state index in [0.717, 1.165) is 17.2 Å². The van der Waals surface area contributed by atoms with Crippen molar-refractivity contribution in [3.05, 3.63) is 69.9 Å². The Balaban J connectivity index is 1.85. The van der Waals surface area contributed by atoms with Crippen molar-refractivity contribution in [2.24, 2.45) is 0 Å². The molecule has 2 aromatic carbocycles. The Labute approximate surface area is 128 Å². The van der Waals surface area contributed by atoms with Gasteiger partial charge in [-0.1, -0.05) is 6.07 Å². The van der Waals surface area contributed by atoms with Crippen molar-refractivity contribution >= 4 is 0 Å². The third-order valence-electron chi connectivity index (χ3n) is 3.65. The van der Waals surface area contributed by atoms with Gasteiger partial charge < -0.3 is 4.74 Å². The Morgan fingerprint density at radius 1 is 0.955 bits per heavy atom. The molecule has 0 aliphatic heterocycles. The number of nitrogens with one attached hydrogen (secondary N) is 1. The maximum atomic E-state index is 11.7. The number of nitrogens with zero attached hydrogens (tertiary/aromatic N) is 2. The lowest BCUT2D eigenvalue weighted by Gasteiger charge is -2.09. The van der Waals surface area contributed by atoms with E-state index in [1.165, 1.54) is 15.7 Å². The Morgan fingerprint density at radius 2 is 1.64 bits per heavy atom. The first-order chi connectivity index (χ1) is 10.5. The van der Waals surface area contributed by atoms with Gasteiger partial charge in [-0.3, -0.25) is 0 Å². The molecular formula is C17H17N3O2. The number of rotatable bonds is 3. The molecule has 0 saturated heterocycles. The molecule has 0 bridgehead atoms. The van der Waals surface area contributed by atoms with Gasteiger partial charge in [-0.15, -0.1) is 0 Å². The molecule has 1 aromatic heterocycles. The van der Waals surface area contributed by atoms with Gasteiger partial charge in [-0.25, -0.2) is 14.5 Å². The van der Waals surface area contributed by atoms with Crippen molar-refractivity contribution in [2.75, 3.05) is 0 Å². The van der Waals surface area contributed by atoms with Gasteiger partial charge in [0.25, 0.3) is 0 Å². The number of hydrogen-bond donors (Lipinski definition) is 1. The van der Waals surface area contributed by atoms with Crippen LogP contribution in [0, 0.1) is 20.8 Å². The van der Waals surface area contributed by atoms with Crippen LogP contribution in [0.3, 0.4) is 0 Å². The summed E-state index contributed by atoms with van der Waals surface area (Å²) in [6.45, 7) is 5.90. The molecule has 22 heavy (non-hydrogen) atoms. The van der Waals surface area contributed by atoms with Gasteiger partial charge >= 0.3 is 5.69 Å². The van der Waals surface area contributed by atoms with Crippen LogP contribution in [0.2, 0.25) is 0 Å². The molecule has 1 N–H and O–H groups in total. The number of benzene rings is 2. The van der Waals surface area contributed by atoms with E-state index in [4.69, 9.17) is 4.74 Å². The van der Waals surface area contributed by atoms with E-state index in [1.807, 2.05) is 42.5 Å². The van der Waals surface area contributed by atoms with Crippen LogP contribution >= 0.6 is 0 Å². The fourth-order valence-electron chi connectivity index (χ4n) is 2.26. The third kappa shape index (κ3) is 2.65. The molecule has 0 spiro atoms. The second kappa shape index (κ2) is 5.52. The van der Waals surface area contributed by atoms with E-state index in [-0.39, 0.29) is 5.69 Å². The predicted molar refractivity (Wildman–Crippen MR) is 84.9 cm³/mol. The largest absolute Gasteiger partial charge is 0.457 e. The van der Waals surface area contributed by atoms with Gasteiger partial charge in [0.15, 0.2) is 0 Å². The molecule has 3 rings (SSSR count). The highest BCUT2D eigenvalue weighted by Gasteiger charge is 2.06. The zero-order valence-electron chi connectivity index (χ0n) is 12.8. The van der Waals surface area contributed by atoms with Crippen molar-refractivity contribution < 1.29 is 4.74 Å². The van der Waals surface area contributed by atoms with Crippen LogP contribution in [0.25, 0.3) is 5.69 Å². The molecular weight excluding hydrogens is 278 g/mol. The highest BCUT2D eigenvalue weighted by Crippen LogP contribution is 2.24. The molecule has 0 radical (unpaired) electrons. The Hall–Kier alpha value is -2.82. The lowest BCUT2D eigenvalue weighted by molar-refractivity contribution is 0.482. The summed E-state index contributed by atoms with van der Waals surface area (Å²) >= 11 is 0. The van der Waals surface area contributed by atoms with Gasteiger partial charge in [-0.05, 0) is 68.3 Å². The number of aromatic nitrogens is 3. The maximum absolute atomic E-state index is 11.7. The minimum Gasteiger partial charge on any atom is -0.457 e. The number of H-pyrrole nitrogens is 1. The normalized spacial score (nSPS) is 10.7. The molecule has 0 amide bonds. The molecule has 0 atom stereocenters. The third-order valence-corrected chi connectivity index (χ3v) is 3.65. The summed E-state index contributed by atoms with van der Waals surface area (Å²) in [7, 11) is 0. The first-order valence-corrected chi connectivity index (χ1v) is 7.04. The van der Waals surface area contributed by atoms with Crippen LogP contribution in [0.5, 0.6) is 11.5 Å². The lowest BCUT2D eigenvalue weighted by Crippen LogP contribution is -2.15. The predicted octanol–water partition coefficient (Wildman–Crippen LogP) is 3.28. The second-order valence-electron chi connectivity index (χ2n) is 5.25. The number of aryl methyl sites for hydroxylation is 3. The highest BCUT2D eigenvalue weighted by molar-refractivity contribution is 5.41. The standard InChI is InChI=1S/C17H17N3O2/c1-11-4-7-16(10-12(11)2)22-15-8-5-14(6-9-15)20-13(3)18-19-17(20)21/h4-10H,1-3H3,(H,19,21). The second-order valence-corrected chi connectivity index (χ2v) is 5.25. The monoisotopic (exact) mass is 295 g/mol. The molecule has 0 unspecified atom stereocenters. The van der Waals surface area contributed by atoms with Crippen molar-refractivity contribution in [3.8, 4) is 17.2 Å². The molecule has 0 aliphatic carbocycles. The molecule has 1 heterocycles. The number of hydrogen-bond acceptors (Lipinski definition) is 3. The zero-order chi connectivity index (χ0) is 15.7. The summed E-state index contributed by atoms with van der Waals surface area (Å²) in [6, 6.07) is 13.3. The van der Waals surface area contributed by atoms with Crippen molar-refractivity contribution in [1.82, 2.24) is 14.8 Å². The van der Waals surface area contributed by atoms with E-state index in [9.17, 15) is 4.79 Å². The molecule has 0 aliphatic rings. The van der Waals surface area contributed by atoms with Crippen LogP contribution in [-0.2, 0) is 0 Å². The Kier molecular flexibility index (Phi) is 3.55. The average molecular weight is 295 g/mol. The number of aromatic amines is 1. The van der Waals surface area contributed by atoms with Crippen molar-refractivity contribution in [3.63, 3.8) is 0 Å². The van der Waals surface area contributed by atoms with E-state index in [2.05, 4.69) is 24.0 Å². The van der Waals surface area contributed by atoms with Crippen LogP contribution in [0.1, 0.15) is 17.0 Å². The van der Waals surface area contributed by atoms with Crippen LogP contribution < -0.4 is 10.4 Å². The van der Waals surface area contributed by atoms with Gasteiger partial charge in [0.05, 0.1) is 5.69 Å². The summed E-state index contributed by atoms with van der Waals surface area (Å²) in [4.78, 5) is 11.7. The summed E-state index contributed by atoms with van der Waals surface area (Å²) in [5.74, 6) is 2.14. The van der Waals surface area contributed by atoms with E-state index < -0.39 is 0 Å². The Morgan fingerprint density at radius 3 is 2.23 bits per heavy atom. The van der Waals surface area contributed by atoms with Crippen LogP contribution in [-0.4, -0.2) is 14.8 Å². The fraction of sp³-hybridized carbons (Fsp3) is 0.176. The summed E-state index contributed by atoms with van der Waals surface area (Å²) in [6.07, 6.45) is 0. The Bertz CT molecular complexity index is 860. The molecule has 0 saturated carbocycles. The maximum Gasteiger partial charge on any atom is 0.347 e. The quantitative estimate of drug-likeness (QED) is 0.806. The summed E-state index contributed by atoms with van der Waals surface area (Å²) in [5.41, 5.74) is 2.93. The van der Waals surface area contributed by atoms with E-state index in [1.54, 1.807) is 6.92 Å². The van der Waals surface area contributed by atoms with Crippen molar-refractivity contribution in [1.29, 1.82) is 0 Å². The first kappa shape index (κ1) is 14.1. The molecule has 0 fully saturated rings. The van der Waals surface area contributed by atoms with Gasteiger partial charge in [-0.2, -0.15) is 5.10 Å². The molecule has 112 valence electrons. The molecule has 5 heteroatoms. The zero-order valence-corrected chi connectivity index (χ0v) is 12.8.